The van der Waals surface area contributed by atoms with Gasteiger partial charge < -0.3 is 25.2 Å². The van der Waals surface area contributed by atoms with Crippen molar-refractivity contribution in [2.45, 2.75) is 39.7 Å². The molecule has 0 fully saturated rings. The number of rotatable bonds is 6. The van der Waals surface area contributed by atoms with Crippen LogP contribution in [0.4, 0.5) is 0 Å². The molecule has 0 amide bonds. The minimum Gasteiger partial charge on any atom is -0.478 e. The molecule has 0 aliphatic carbocycles. The normalized spacial score (nSPS) is 10.6. The smallest absolute Gasteiger partial charge is 0.335 e. The quantitative estimate of drug-likeness (QED) is 0.583. The Labute approximate surface area is 142 Å². The molecule has 0 bridgehead atoms. The lowest BCUT2D eigenvalue weighted by atomic mass is 10.0. The van der Waals surface area contributed by atoms with Crippen molar-refractivity contribution in [3.8, 4) is 0 Å². The number of ether oxygens (including phenoxy) is 1. The first-order valence-electron chi connectivity index (χ1n) is 7.56. The number of hydrogen-bond donors (Lipinski definition) is 4. The molecule has 1 atom stereocenters. The predicted octanol–water partition coefficient (Wildman–Crippen LogP) is 2.18. The van der Waals surface area contributed by atoms with E-state index in [0.29, 0.717) is 0 Å². The number of carbonyl (C=O) groups is 2. The van der Waals surface area contributed by atoms with Crippen molar-refractivity contribution in [1.29, 1.82) is 0 Å². The number of aromatic carboxylic acids is 2. The Morgan fingerprint density at radius 3 is 1.79 bits per heavy atom. The van der Waals surface area contributed by atoms with Gasteiger partial charge in [-0.3, -0.25) is 0 Å². The van der Waals surface area contributed by atoms with Gasteiger partial charge in [0.25, 0.3) is 0 Å². The Morgan fingerprint density at radius 2 is 1.58 bits per heavy atom. The fourth-order valence-electron chi connectivity index (χ4n) is 1.39. The summed E-state index contributed by atoms with van der Waals surface area (Å²) in [5.74, 6) is -2.22. The highest BCUT2D eigenvalue weighted by Crippen LogP contribution is 2.13. The number of benzene rings is 1. The summed E-state index contributed by atoms with van der Waals surface area (Å²) >= 11 is 0. The Kier molecular flexibility index (Phi) is 14.8. The van der Waals surface area contributed by atoms with Crippen LogP contribution in [0.1, 0.15) is 53.0 Å². The van der Waals surface area contributed by atoms with Crippen molar-refractivity contribution >= 4 is 11.9 Å². The van der Waals surface area contributed by atoms with Gasteiger partial charge in [-0.2, -0.15) is 0 Å². The fraction of sp³-hybridized carbons (Fsp3) is 0.529. The van der Waals surface area contributed by atoms with Gasteiger partial charge in [0.15, 0.2) is 0 Å². The van der Waals surface area contributed by atoms with Gasteiger partial charge in [0, 0.05) is 13.7 Å². The first kappa shape index (κ1) is 24.3. The highest BCUT2D eigenvalue weighted by atomic mass is 16.5. The summed E-state index contributed by atoms with van der Waals surface area (Å²) in [6, 6.07) is 4.17. The first-order chi connectivity index (χ1) is 11.2. The van der Waals surface area contributed by atoms with Crippen molar-refractivity contribution in [3.63, 3.8) is 0 Å². The second-order valence-corrected chi connectivity index (χ2v) is 4.97. The average Bonchev–Trinajstić information content (AvgIpc) is 2.53. The molecule has 7 nitrogen and oxygen atoms in total. The van der Waals surface area contributed by atoms with Gasteiger partial charge in [0.2, 0.25) is 0 Å². The Morgan fingerprint density at radius 1 is 1.17 bits per heavy atom. The molecular weight excluding hydrogens is 316 g/mol. The Bertz CT molecular complexity index is 448. The van der Waals surface area contributed by atoms with Gasteiger partial charge in [-0.1, -0.05) is 19.4 Å². The van der Waals surface area contributed by atoms with E-state index in [1.165, 1.54) is 44.9 Å². The number of carboxylic acids is 2. The van der Waals surface area contributed by atoms with E-state index in [1.807, 2.05) is 0 Å². The molecule has 138 valence electrons. The molecular formula is C17H28O7. The zero-order valence-electron chi connectivity index (χ0n) is 14.7. The summed E-state index contributed by atoms with van der Waals surface area (Å²) in [5.41, 5.74) is 0.335. The van der Waals surface area contributed by atoms with Crippen LogP contribution >= 0.6 is 0 Å². The van der Waals surface area contributed by atoms with Crippen molar-refractivity contribution in [2.24, 2.45) is 0 Å². The number of carboxylic acid groups (broad SMARTS) is 2. The summed E-state index contributed by atoms with van der Waals surface area (Å²) in [7, 11) is 1.73. The second kappa shape index (κ2) is 14.6. The SMILES string of the molecule is CC(O)CO.CCCCOC.Cc1c(C(=O)O)cccc1C(=O)O. The van der Waals surface area contributed by atoms with Crippen LogP contribution in [0, 0.1) is 6.92 Å². The van der Waals surface area contributed by atoms with Crippen LogP contribution in [-0.2, 0) is 4.74 Å². The monoisotopic (exact) mass is 344 g/mol. The fourth-order valence-corrected chi connectivity index (χ4v) is 1.39. The van der Waals surface area contributed by atoms with E-state index in [4.69, 9.17) is 25.2 Å². The molecule has 0 aromatic heterocycles. The first-order valence-corrected chi connectivity index (χ1v) is 7.56. The largest absolute Gasteiger partial charge is 0.478 e. The van der Waals surface area contributed by atoms with E-state index in [9.17, 15) is 9.59 Å². The van der Waals surface area contributed by atoms with E-state index in [2.05, 4.69) is 6.92 Å². The maximum Gasteiger partial charge on any atom is 0.335 e. The van der Waals surface area contributed by atoms with Crippen molar-refractivity contribution in [3.05, 3.63) is 34.9 Å². The van der Waals surface area contributed by atoms with Crippen LogP contribution in [0.25, 0.3) is 0 Å². The molecule has 0 radical (unpaired) electrons. The van der Waals surface area contributed by atoms with E-state index in [-0.39, 0.29) is 23.3 Å². The zero-order valence-corrected chi connectivity index (χ0v) is 14.7. The topological polar surface area (TPSA) is 124 Å². The molecule has 1 rings (SSSR count). The van der Waals surface area contributed by atoms with Crippen LogP contribution in [-0.4, -0.2) is 58.8 Å². The molecule has 7 heteroatoms. The Balaban J connectivity index is 0. The van der Waals surface area contributed by atoms with Crippen LogP contribution in [0.2, 0.25) is 0 Å². The third-order valence-corrected chi connectivity index (χ3v) is 2.76. The maximum absolute atomic E-state index is 10.6. The van der Waals surface area contributed by atoms with E-state index in [1.54, 1.807) is 7.11 Å². The third kappa shape index (κ3) is 11.6. The maximum atomic E-state index is 10.6. The molecule has 0 saturated heterocycles. The second-order valence-electron chi connectivity index (χ2n) is 4.97. The summed E-state index contributed by atoms with van der Waals surface area (Å²) in [4.78, 5) is 21.2. The number of aliphatic hydroxyl groups excluding tert-OH is 2. The molecule has 1 aromatic carbocycles. The highest BCUT2D eigenvalue weighted by molar-refractivity contribution is 5.96. The Hall–Kier alpha value is -1.96. The summed E-state index contributed by atoms with van der Waals surface area (Å²) in [6.07, 6.45) is 1.86. The molecule has 0 saturated carbocycles. The van der Waals surface area contributed by atoms with Gasteiger partial charge in [-0.25, -0.2) is 9.59 Å². The van der Waals surface area contributed by atoms with E-state index in [0.717, 1.165) is 6.61 Å². The molecule has 1 unspecified atom stereocenters. The van der Waals surface area contributed by atoms with E-state index >= 15 is 0 Å². The minimum atomic E-state index is -1.11. The molecule has 1 aromatic rings. The van der Waals surface area contributed by atoms with Crippen LogP contribution in [0.15, 0.2) is 18.2 Å². The van der Waals surface area contributed by atoms with Gasteiger partial charge >= 0.3 is 11.9 Å². The van der Waals surface area contributed by atoms with Gasteiger partial charge in [-0.05, 0) is 38.0 Å². The number of unbranched alkanes of at least 4 members (excludes halogenated alkanes) is 1. The van der Waals surface area contributed by atoms with Crippen molar-refractivity contribution < 1.29 is 34.8 Å². The van der Waals surface area contributed by atoms with Crippen LogP contribution in [0.5, 0.6) is 0 Å². The lowest BCUT2D eigenvalue weighted by Gasteiger charge is -2.03. The van der Waals surface area contributed by atoms with Crippen molar-refractivity contribution in [2.75, 3.05) is 20.3 Å². The number of aliphatic hydroxyl groups is 2. The van der Waals surface area contributed by atoms with Gasteiger partial charge in [-0.15, -0.1) is 0 Å². The number of hydrogen-bond acceptors (Lipinski definition) is 5. The standard InChI is InChI=1S/C9H8O4.C5H12O.C3H8O2/c1-5-6(8(10)11)3-2-4-7(5)9(12)13;1-3-4-5-6-2;1-3(5)2-4/h2-4H,1H3,(H,10,11)(H,12,13);3-5H2,1-2H3;3-5H,2H2,1H3. The predicted molar refractivity (Wildman–Crippen MR) is 90.6 cm³/mol. The number of methoxy groups -OCH3 is 1. The van der Waals surface area contributed by atoms with E-state index < -0.39 is 18.0 Å². The summed E-state index contributed by atoms with van der Waals surface area (Å²) in [5, 5.41) is 33.4. The molecule has 0 heterocycles. The lowest BCUT2D eigenvalue weighted by molar-refractivity contribution is 0.0696. The molecule has 0 spiro atoms. The average molecular weight is 344 g/mol. The van der Waals surface area contributed by atoms with Crippen LogP contribution < -0.4 is 0 Å². The van der Waals surface area contributed by atoms with Crippen molar-refractivity contribution in [1.82, 2.24) is 0 Å². The van der Waals surface area contributed by atoms with Gasteiger partial charge in [0.1, 0.15) is 0 Å². The summed E-state index contributed by atoms with van der Waals surface area (Å²) in [6.45, 7) is 5.93. The molecule has 24 heavy (non-hydrogen) atoms. The zero-order chi connectivity index (χ0) is 19.1. The van der Waals surface area contributed by atoms with Crippen LogP contribution in [0.3, 0.4) is 0 Å². The lowest BCUT2D eigenvalue weighted by Crippen LogP contribution is -2.06. The highest BCUT2D eigenvalue weighted by Gasteiger charge is 2.13. The summed E-state index contributed by atoms with van der Waals surface area (Å²) < 4.78 is 4.78. The van der Waals surface area contributed by atoms with Gasteiger partial charge in [0.05, 0.1) is 23.8 Å². The molecule has 4 N–H and O–H groups in total. The molecule has 0 aliphatic heterocycles. The minimum absolute atomic E-state index is 0.0277. The third-order valence-electron chi connectivity index (χ3n) is 2.76. The molecule has 0 aliphatic rings.